The summed E-state index contributed by atoms with van der Waals surface area (Å²) in [5.74, 6) is 0.832. The smallest absolute Gasteiger partial charge is 0.261 e. The van der Waals surface area contributed by atoms with E-state index in [0.717, 1.165) is 33.3 Å². The average molecular weight is 263 g/mol. The van der Waals surface area contributed by atoms with E-state index in [9.17, 15) is 4.79 Å². The van der Waals surface area contributed by atoms with Gasteiger partial charge in [0.05, 0.1) is 5.69 Å². The van der Waals surface area contributed by atoms with E-state index in [1.165, 1.54) is 0 Å². The van der Waals surface area contributed by atoms with Crippen LogP contribution in [-0.4, -0.2) is 4.57 Å². The van der Waals surface area contributed by atoms with Gasteiger partial charge in [0, 0.05) is 10.9 Å². The van der Waals surface area contributed by atoms with Crippen molar-refractivity contribution < 1.29 is 4.74 Å². The number of pyridine rings is 1. The van der Waals surface area contributed by atoms with E-state index in [2.05, 4.69) is 12.1 Å². The van der Waals surface area contributed by atoms with Crippen LogP contribution < -0.4 is 10.3 Å². The normalized spacial score (nSPS) is 12.7. The first-order valence-electron chi connectivity index (χ1n) is 6.60. The molecule has 98 valence electrons. The molecule has 0 spiro atoms. The number of ether oxygens (including phenoxy) is 1. The fourth-order valence-electron chi connectivity index (χ4n) is 2.77. The molecule has 4 rings (SSSR count). The van der Waals surface area contributed by atoms with Crippen LogP contribution in [0.1, 0.15) is 5.56 Å². The molecule has 0 unspecified atom stereocenters. The predicted molar refractivity (Wildman–Crippen MR) is 79.0 cm³/mol. The number of aryl methyl sites for hydroxylation is 1. The Morgan fingerprint density at radius 1 is 1.10 bits per heavy atom. The number of hydrogen-bond acceptors (Lipinski definition) is 2. The maximum Gasteiger partial charge on any atom is 0.261 e. The van der Waals surface area contributed by atoms with E-state index < -0.39 is 0 Å². The average Bonchev–Trinajstić information content (AvgIpc) is 2.47. The summed E-state index contributed by atoms with van der Waals surface area (Å²) in [4.78, 5) is 12.6. The molecule has 20 heavy (non-hydrogen) atoms. The topological polar surface area (TPSA) is 31.2 Å². The van der Waals surface area contributed by atoms with Crippen molar-refractivity contribution in [3.8, 4) is 17.0 Å². The van der Waals surface area contributed by atoms with Gasteiger partial charge in [0.1, 0.15) is 5.75 Å². The van der Waals surface area contributed by atoms with E-state index in [1.54, 1.807) is 4.57 Å². The largest absolute Gasteiger partial charge is 0.472 e. The third-order valence-electron chi connectivity index (χ3n) is 3.78. The van der Waals surface area contributed by atoms with Crippen LogP contribution in [0.4, 0.5) is 0 Å². The lowest BCUT2D eigenvalue weighted by Crippen LogP contribution is -2.27. The highest BCUT2D eigenvalue weighted by Gasteiger charge is 2.18. The molecule has 0 atom stereocenters. The molecule has 0 radical (unpaired) electrons. The number of aromatic nitrogens is 1. The van der Waals surface area contributed by atoms with Crippen molar-refractivity contribution in [1.29, 1.82) is 0 Å². The summed E-state index contributed by atoms with van der Waals surface area (Å²) in [5, 5.41) is 1.72. The molecular formula is C17H13NO2. The van der Waals surface area contributed by atoms with Gasteiger partial charge in [-0.1, -0.05) is 29.8 Å². The Kier molecular flexibility index (Phi) is 2.24. The molecule has 0 amide bonds. The van der Waals surface area contributed by atoms with Gasteiger partial charge in [0.25, 0.3) is 5.56 Å². The standard InChI is InChI=1S/C17H13NO2/c1-11-6-7-13-12(8-11)9-15-14-4-2-3-5-16(14)20-10-18(15)17(13)19/h2-9H,10H2,1H3. The molecule has 2 aromatic carbocycles. The zero-order valence-corrected chi connectivity index (χ0v) is 11.1. The van der Waals surface area contributed by atoms with Gasteiger partial charge in [-0.15, -0.1) is 0 Å². The maximum absolute atomic E-state index is 12.6. The summed E-state index contributed by atoms with van der Waals surface area (Å²) < 4.78 is 7.36. The Labute approximate surface area is 116 Å². The fraction of sp³-hybridized carbons (Fsp3) is 0.118. The summed E-state index contributed by atoms with van der Waals surface area (Å²) in [5.41, 5.74) is 3.06. The number of benzene rings is 2. The Morgan fingerprint density at radius 2 is 1.95 bits per heavy atom. The molecular weight excluding hydrogens is 250 g/mol. The zero-order chi connectivity index (χ0) is 13.7. The van der Waals surface area contributed by atoms with E-state index in [4.69, 9.17) is 4.74 Å². The van der Waals surface area contributed by atoms with Gasteiger partial charge in [0.2, 0.25) is 0 Å². The summed E-state index contributed by atoms with van der Waals surface area (Å²) >= 11 is 0. The van der Waals surface area contributed by atoms with E-state index >= 15 is 0 Å². The third-order valence-corrected chi connectivity index (χ3v) is 3.78. The Bertz CT molecular complexity index is 893. The fourth-order valence-corrected chi connectivity index (χ4v) is 2.77. The Hall–Kier alpha value is -2.55. The van der Waals surface area contributed by atoms with Crippen molar-refractivity contribution in [2.24, 2.45) is 0 Å². The first kappa shape index (κ1) is 11.3. The summed E-state index contributed by atoms with van der Waals surface area (Å²) in [7, 11) is 0. The third kappa shape index (κ3) is 1.50. The molecule has 0 aliphatic carbocycles. The van der Waals surface area contributed by atoms with E-state index in [1.807, 2.05) is 43.3 Å². The quantitative estimate of drug-likeness (QED) is 0.623. The highest BCUT2D eigenvalue weighted by atomic mass is 16.5. The molecule has 0 fully saturated rings. The van der Waals surface area contributed by atoms with Crippen LogP contribution >= 0.6 is 0 Å². The highest BCUT2D eigenvalue weighted by molar-refractivity contribution is 5.87. The zero-order valence-electron chi connectivity index (χ0n) is 11.1. The molecule has 0 saturated carbocycles. The highest BCUT2D eigenvalue weighted by Crippen LogP contribution is 2.34. The van der Waals surface area contributed by atoms with E-state index in [-0.39, 0.29) is 12.3 Å². The minimum Gasteiger partial charge on any atom is -0.472 e. The van der Waals surface area contributed by atoms with Crippen LogP contribution in [0.25, 0.3) is 22.0 Å². The van der Waals surface area contributed by atoms with Crippen LogP contribution in [0.15, 0.2) is 53.3 Å². The molecule has 1 aliphatic rings. The van der Waals surface area contributed by atoms with Gasteiger partial charge in [-0.25, -0.2) is 0 Å². The van der Waals surface area contributed by atoms with Crippen molar-refractivity contribution in [3.05, 3.63) is 64.4 Å². The first-order chi connectivity index (χ1) is 9.74. The molecule has 2 heterocycles. The Balaban J connectivity index is 2.13. The lowest BCUT2D eigenvalue weighted by Gasteiger charge is -2.22. The number of para-hydroxylation sites is 1. The van der Waals surface area contributed by atoms with Gasteiger partial charge in [0.15, 0.2) is 6.73 Å². The summed E-state index contributed by atoms with van der Waals surface area (Å²) in [6.07, 6.45) is 0. The van der Waals surface area contributed by atoms with Crippen LogP contribution in [-0.2, 0) is 6.73 Å². The molecule has 3 heteroatoms. The molecule has 1 aromatic heterocycles. The van der Waals surface area contributed by atoms with Gasteiger partial charge in [-0.2, -0.15) is 0 Å². The van der Waals surface area contributed by atoms with Crippen molar-refractivity contribution in [2.75, 3.05) is 0 Å². The number of nitrogens with zero attached hydrogens (tertiary/aromatic N) is 1. The minimum absolute atomic E-state index is 0.00648. The van der Waals surface area contributed by atoms with Gasteiger partial charge in [-0.3, -0.25) is 9.36 Å². The second-order valence-electron chi connectivity index (χ2n) is 5.12. The van der Waals surface area contributed by atoms with Crippen LogP contribution in [0, 0.1) is 6.92 Å². The molecule has 1 aliphatic heterocycles. The van der Waals surface area contributed by atoms with Gasteiger partial charge in [-0.05, 0) is 36.6 Å². The molecule has 3 aromatic rings. The van der Waals surface area contributed by atoms with Crippen LogP contribution in [0.5, 0.6) is 5.75 Å². The second-order valence-corrected chi connectivity index (χ2v) is 5.12. The molecule has 0 N–H and O–H groups in total. The first-order valence-corrected chi connectivity index (χ1v) is 6.60. The number of hydrogen-bond donors (Lipinski definition) is 0. The predicted octanol–water partition coefficient (Wildman–Crippen LogP) is 3.33. The lowest BCUT2D eigenvalue weighted by molar-refractivity contribution is 0.226. The summed E-state index contributed by atoms with van der Waals surface area (Å²) in [6, 6.07) is 15.8. The van der Waals surface area contributed by atoms with Gasteiger partial charge >= 0.3 is 0 Å². The lowest BCUT2D eigenvalue weighted by atomic mass is 10.0. The summed E-state index contributed by atoms with van der Waals surface area (Å²) in [6.45, 7) is 2.31. The van der Waals surface area contributed by atoms with Crippen LogP contribution in [0.3, 0.4) is 0 Å². The van der Waals surface area contributed by atoms with Crippen molar-refractivity contribution in [2.45, 2.75) is 13.7 Å². The van der Waals surface area contributed by atoms with Crippen molar-refractivity contribution >= 4 is 10.8 Å². The SMILES string of the molecule is Cc1ccc2c(=O)n3c(cc2c1)-c1ccccc1OC3. The molecule has 0 bridgehead atoms. The van der Waals surface area contributed by atoms with Crippen molar-refractivity contribution in [3.63, 3.8) is 0 Å². The second kappa shape index (κ2) is 3.97. The van der Waals surface area contributed by atoms with E-state index in [0.29, 0.717) is 0 Å². The van der Waals surface area contributed by atoms with Crippen molar-refractivity contribution in [1.82, 2.24) is 4.57 Å². The number of fused-ring (bicyclic) bond motifs is 4. The monoisotopic (exact) mass is 263 g/mol. The molecule has 3 nitrogen and oxygen atoms in total. The van der Waals surface area contributed by atoms with Crippen LogP contribution in [0.2, 0.25) is 0 Å². The molecule has 0 saturated heterocycles. The maximum atomic E-state index is 12.6. The number of rotatable bonds is 0. The van der Waals surface area contributed by atoms with Gasteiger partial charge < -0.3 is 4.74 Å². The Morgan fingerprint density at radius 3 is 2.85 bits per heavy atom. The minimum atomic E-state index is 0.00648.